The molecule has 1 atom stereocenters. The van der Waals surface area contributed by atoms with Gasteiger partial charge in [0, 0.05) is 18.0 Å². The predicted octanol–water partition coefficient (Wildman–Crippen LogP) is 4.20. The molecule has 0 unspecified atom stereocenters. The summed E-state index contributed by atoms with van der Waals surface area (Å²) in [5.41, 5.74) is 3.23. The molecule has 0 aliphatic heterocycles. The SMILES string of the molecule is CCn1c(S[C@@H](C)C(=O)NCc2ccc(C)cc2)nc2sc(C)c(C)c2c1=O. The minimum Gasteiger partial charge on any atom is -0.351 e. The molecule has 2 heterocycles. The Morgan fingerprint density at radius 3 is 2.57 bits per heavy atom. The molecule has 5 nitrogen and oxygen atoms in total. The van der Waals surface area contributed by atoms with Gasteiger partial charge in [-0.25, -0.2) is 4.98 Å². The number of aromatic nitrogens is 2. The number of aryl methyl sites for hydroxylation is 3. The molecule has 0 radical (unpaired) electrons. The third kappa shape index (κ3) is 4.15. The number of fused-ring (bicyclic) bond motifs is 1. The van der Waals surface area contributed by atoms with E-state index in [0.29, 0.717) is 23.6 Å². The van der Waals surface area contributed by atoms with E-state index in [9.17, 15) is 9.59 Å². The van der Waals surface area contributed by atoms with E-state index in [0.717, 1.165) is 20.8 Å². The molecule has 148 valence electrons. The van der Waals surface area contributed by atoms with E-state index in [2.05, 4.69) is 5.32 Å². The second-order valence-electron chi connectivity index (χ2n) is 6.87. The van der Waals surface area contributed by atoms with Crippen LogP contribution in [0.25, 0.3) is 10.2 Å². The van der Waals surface area contributed by atoms with Crippen LogP contribution in [-0.4, -0.2) is 20.7 Å². The Kier molecular flexibility index (Phi) is 6.25. The highest BCUT2D eigenvalue weighted by Gasteiger charge is 2.20. The topological polar surface area (TPSA) is 64.0 Å². The van der Waals surface area contributed by atoms with Gasteiger partial charge in [0.05, 0.1) is 10.6 Å². The number of nitrogens with zero attached hydrogens (tertiary/aromatic N) is 2. The third-order valence-electron chi connectivity index (χ3n) is 4.81. The average molecular weight is 416 g/mol. The van der Waals surface area contributed by atoms with Crippen molar-refractivity contribution in [1.29, 1.82) is 0 Å². The summed E-state index contributed by atoms with van der Waals surface area (Å²) in [6.07, 6.45) is 0. The molecule has 0 saturated heterocycles. The van der Waals surface area contributed by atoms with Crippen molar-refractivity contribution < 1.29 is 4.79 Å². The van der Waals surface area contributed by atoms with E-state index in [1.807, 2.05) is 58.9 Å². The number of rotatable bonds is 6. The summed E-state index contributed by atoms with van der Waals surface area (Å²) >= 11 is 2.86. The van der Waals surface area contributed by atoms with Crippen LogP contribution in [0.5, 0.6) is 0 Å². The second kappa shape index (κ2) is 8.49. The standard InChI is InChI=1S/C21H25N3O2S2/c1-6-24-20(26)17-13(3)14(4)27-19(17)23-21(24)28-15(5)18(25)22-11-16-9-7-12(2)8-10-16/h7-10,15H,6,11H2,1-5H3,(H,22,25)/t15-/m0/s1. The molecule has 2 aromatic heterocycles. The summed E-state index contributed by atoms with van der Waals surface area (Å²) in [6.45, 7) is 10.8. The monoisotopic (exact) mass is 415 g/mol. The highest BCUT2D eigenvalue weighted by atomic mass is 32.2. The van der Waals surface area contributed by atoms with Crippen LogP contribution in [0.3, 0.4) is 0 Å². The number of thiophene rings is 1. The predicted molar refractivity (Wildman–Crippen MR) is 117 cm³/mol. The Hall–Kier alpha value is -2.12. The third-order valence-corrected chi connectivity index (χ3v) is 7.00. The van der Waals surface area contributed by atoms with Crippen molar-refractivity contribution in [3.63, 3.8) is 0 Å². The van der Waals surface area contributed by atoms with E-state index in [1.54, 1.807) is 4.57 Å². The summed E-state index contributed by atoms with van der Waals surface area (Å²) in [7, 11) is 0. The smallest absolute Gasteiger partial charge is 0.263 e. The Morgan fingerprint density at radius 1 is 1.25 bits per heavy atom. The molecule has 3 aromatic rings. The fraction of sp³-hybridized carbons (Fsp3) is 0.381. The zero-order valence-electron chi connectivity index (χ0n) is 16.8. The molecule has 0 aliphatic carbocycles. The minimum absolute atomic E-state index is 0.0240. The van der Waals surface area contributed by atoms with Crippen molar-refractivity contribution in [2.75, 3.05) is 0 Å². The lowest BCUT2D eigenvalue weighted by Gasteiger charge is -2.15. The first-order valence-electron chi connectivity index (χ1n) is 9.32. The zero-order valence-corrected chi connectivity index (χ0v) is 18.5. The summed E-state index contributed by atoms with van der Waals surface area (Å²) in [6, 6.07) is 8.09. The molecule has 1 N–H and O–H groups in total. The highest BCUT2D eigenvalue weighted by molar-refractivity contribution is 8.00. The largest absolute Gasteiger partial charge is 0.351 e. The first-order valence-corrected chi connectivity index (χ1v) is 11.0. The average Bonchev–Trinajstić information content (AvgIpc) is 2.95. The lowest BCUT2D eigenvalue weighted by Crippen LogP contribution is -2.31. The van der Waals surface area contributed by atoms with Crippen LogP contribution in [0.2, 0.25) is 0 Å². The maximum atomic E-state index is 12.9. The number of benzene rings is 1. The first kappa shape index (κ1) is 20.6. The lowest BCUT2D eigenvalue weighted by molar-refractivity contribution is -0.120. The zero-order chi connectivity index (χ0) is 20.4. The van der Waals surface area contributed by atoms with E-state index >= 15 is 0 Å². The van der Waals surface area contributed by atoms with Gasteiger partial charge in [0.1, 0.15) is 4.83 Å². The molecule has 0 aliphatic rings. The summed E-state index contributed by atoms with van der Waals surface area (Å²) in [5.74, 6) is -0.0684. The van der Waals surface area contributed by atoms with Gasteiger partial charge < -0.3 is 5.32 Å². The van der Waals surface area contributed by atoms with Gasteiger partial charge in [-0.05, 0) is 45.7 Å². The number of hydrogen-bond donors (Lipinski definition) is 1. The van der Waals surface area contributed by atoms with Gasteiger partial charge >= 0.3 is 0 Å². The molecule has 28 heavy (non-hydrogen) atoms. The fourth-order valence-electron chi connectivity index (χ4n) is 2.93. The molecule has 0 bridgehead atoms. The molecular formula is C21H25N3O2S2. The highest BCUT2D eigenvalue weighted by Crippen LogP contribution is 2.29. The molecule has 7 heteroatoms. The van der Waals surface area contributed by atoms with Gasteiger partial charge in [-0.1, -0.05) is 41.6 Å². The van der Waals surface area contributed by atoms with Crippen molar-refractivity contribution in [3.8, 4) is 0 Å². The Labute approximate surface area is 173 Å². The summed E-state index contributed by atoms with van der Waals surface area (Å²) in [5, 5.41) is 3.91. The van der Waals surface area contributed by atoms with Gasteiger partial charge in [0.2, 0.25) is 5.91 Å². The molecule has 0 saturated carbocycles. The van der Waals surface area contributed by atoms with Crippen LogP contribution in [-0.2, 0) is 17.9 Å². The molecule has 1 amide bonds. The van der Waals surface area contributed by atoms with Crippen LogP contribution in [0.15, 0.2) is 34.2 Å². The molecule has 3 rings (SSSR count). The first-order chi connectivity index (χ1) is 13.3. The fourth-order valence-corrected chi connectivity index (χ4v) is 5.00. The lowest BCUT2D eigenvalue weighted by atomic mass is 10.1. The quantitative estimate of drug-likeness (QED) is 0.484. The van der Waals surface area contributed by atoms with Crippen molar-refractivity contribution in [2.45, 2.75) is 58.1 Å². The molecule has 0 spiro atoms. The van der Waals surface area contributed by atoms with Gasteiger partial charge in [-0.15, -0.1) is 11.3 Å². The van der Waals surface area contributed by atoms with Gasteiger partial charge in [-0.2, -0.15) is 0 Å². The Balaban J connectivity index is 1.78. The van der Waals surface area contributed by atoms with Crippen LogP contribution < -0.4 is 10.9 Å². The summed E-state index contributed by atoms with van der Waals surface area (Å²) < 4.78 is 1.66. The summed E-state index contributed by atoms with van der Waals surface area (Å²) in [4.78, 5) is 32.0. The van der Waals surface area contributed by atoms with Gasteiger partial charge in [-0.3, -0.25) is 14.2 Å². The van der Waals surface area contributed by atoms with E-state index in [-0.39, 0.29) is 16.7 Å². The Morgan fingerprint density at radius 2 is 1.93 bits per heavy atom. The van der Waals surface area contributed by atoms with Crippen molar-refractivity contribution in [3.05, 3.63) is 56.2 Å². The van der Waals surface area contributed by atoms with Crippen molar-refractivity contribution >= 4 is 39.2 Å². The number of thioether (sulfide) groups is 1. The van der Waals surface area contributed by atoms with Gasteiger partial charge in [0.15, 0.2) is 5.16 Å². The van der Waals surface area contributed by atoms with Crippen LogP contribution >= 0.6 is 23.1 Å². The maximum absolute atomic E-state index is 12.9. The maximum Gasteiger partial charge on any atom is 0.263 e. The molecule has 1 aromatic carbocycles. The normalized spacial score (nSPS) is 12.3. The van der Waals surface area contributed by atoms with Crippen molar-refractivity contribution in [1.82, 2.24) is 14.9 Å². The molecule has 0 fully saturated rings. The van der Waals surface area contributed by atoms with Crippen LogP contribution in [0, 0.1) is 20.8 Å². The van der Waals surface area contributed by atoms with Crippen molar-refractivity contribution in [2.24, 2.45) is 0 Å². The number of carbonyl (C=O) groups is 1. The second-order valence-corrected chi connectivity index (χ2v) is 9.38. The minimum atomic E-state index is -0.352. The number of nitrogens with one attached hydrogen (secondary N) is 1. The van der Waals surface area contributed by atoms with Crippen LogP contribution in [0.4, 0.5) is 0 Å². The number of amides is 1. The number of carbonyl (C=O) groups excluding carboxylic acids is 1. The van der Waals surface area contributed by atoms with Crippen LogP contribution in [0.1, 0.15) is 35.4 Å². The van der Waals surface area contributed by atoms with E-state index < -0.39 is 0 Å². The molecular weight excluding hydrogens is 390 g/mol. The number of hydrogen-bond acceptors (Lipinski definition) is 5. The van der Waals surface area contributed by atoms with Gasteiger partial charge in [0.25, 0.3) is 5.56 Å². The van der Waals surface area contributed by atoms with E-state index in [1.165, 1.54) is 28.7 Å². The Bertz CT molecular complexity index is 1070. The van der Waals surface area contributed by atoms with E-state index in [4.69, 9.17) is 4.98 Å².